The smallest absolute Gasteiger partial charge is 0.309 e. The largest absolute Gasteiger partial charge is 0.466 e. The maximum absolute atomic E-state index is 13.1. The second kappa shape index (κ2) is 9.99. The molecular formula is C21H22Cl2N2O5S. The number of hydrogen-bond donors (Lipinski definition) is 1. The van der Waals surface area contributed by atoms with Gasteiger partial charge in [-0.05, 0) is 62.2 Å². The van der Waals surface area contributed by atoms with Crippen LogP contribution in [0.4, 0.5) is 5.69 Å². The molecule has 10 heteroatoms. The third kappa shape index (κ3) is 5.57. The van der Waals surface area contributed by atoms with Crippen molar-refractivity contribution in [3.8, 4) is 0 Å². The number of sulfonamides is 1. The maximum Gasteiger partial charge on any atom is 0.309 e. The van der Waals surface area contributed by atoms with E-state index in [2.05, 4.69) is 5.32 Å². The molecule has 3 rings (SSSR count). The third-order valence-electron chi connectivity index (χ3n) is 5.00. The number of halogens is 2. The molecule has 7 nitrogen and oxygen atoms in total. The summed E-state index contributed by atoms with van der Waals surface area (Å²) in [5, 5.41) is 3.33. The van der Waals surface area contributed by atoms with Crippen molar-refractivity contribution >= 4 is 50.8 Å². The summed E-state index contributed by atoms with van der Waals surface area (Å²) >= 11 is 12.0. The van der Waals surface area contributed by atoms with E-state index < -0.39 is 15.9 Å². The average molecular weight is 485 g/mol. The van der Waals surface area contributed by atoms with Gasteiger partial charge in [0.05, 0.1) is 28.0 Å². The fourth-order valence-corrected chi connectivity index (χ4v) is 5.14. The highest BCUT2D eigenvalue weighted by atomic mass is 35.5. The van der Waals surface area contributed by atoms with Crippen molar-refractivity contribution in [1.29, 1.82) is 0 Å². The van der Waals surface area contributed by atoms with Gasteiger partial charge in [0.25, 0.3) is 5.91 Å². The molecule has 0 saturated carbocycles. The van der Waals surface area contributed by atoms with Crippen molar-refractivity contribution in [2.24, 2.45) is 5.92 Å². The summed E-state index contributed by atoms with van der Waals surface area (Å²) < 4.78 is 32.5. The Hall–Kier alpha value is -2.13. The predicted octanol–water partition coefficient (Wildman–Crippen LogP) is 4.21. The van der Waals surface area contributed by atoms with Crippen LogP contribution in [-0.4, -0.2) is 44.3 Å². The minimum Gasteiger partial charge on any atom is -0.466 e. The first kappa shape index (κ1) is 23.5. The van der Waals surface area contributed by atoms with E-state index in [-0.39, 0.29) is 40.5 Å². The molecule has 0 radical (unpaired) electrons. The molecule has 1 N–H and O–H groups in total. The van der Waals surface area contributed by atoms with Crippen molar-refractivity contribution in [3.63, 3.8) is 0 Å². The van der Waals surface area contributed by atoms with E-state index in [1.807, 2.05) is 0 Å². The van der Waals surface area contributed by atoms with E-state index in [0.717, 1.165) is 0 Å². The highest BCUT2D eigenvalue weighted by Crippen LogP contribution is 2.28. The first-order valence-electron chi connectivity index (χ1n) is 9.75. The molecule has 31 heavy (non-hydrogen) atoms. The number of anilines is 1. The molecular weight excluding hydrogens is 463 g/mol. The van der Waals surface area contributed by atoms with Gasteiger partial charge < -0.3 is 10.1 Å². The lowest BCUT2D eigenvalue weighted by Gasteiger charge is -2.30. The number of carbonyl (C=O) groups excluding carboxylic acids is 2. The first-order valence-corrected chi connectivity index (χ1v) is 11.9. The summed E-state index contributed by atoms with van der Waals surface area (Å²) in [5.74, 6) is -1.14. The Bertz CT molecular complexity index is 1070. The monoisotopic (exact) mass is 484 g/mol. The Kier molecular flexibility index (Phi) is 7.59. The molecule has 1 aliphatic rings. The minimum atomic E-state index is -3.85. The molecule has 0 unspecified atom stereocenters. The van der Waals surface area contributed by atoms with E-state index in [9.17, 15) is 18.0 Å². The summed E-state index contributed by atoms with van der Waals surface area (Å²) in [6.07, 6.45) is 0.769. The first-order chi connectivity index (χ1) is 14.7. The van der Waals surface area contributed by atoms with Crippen molar-refractivity contribution in [2.45, 2.75) is 24.7 Å². The van der Waals surface area contributed by atoms with Crippen LogP contribution >= 0.6 is 23.2 Å². The highest BCUT2D eigenvalue weighted by Gasteiger charge is 2.33. The maximum atomic E-state index is 13.1. The lowest BCUT2D eigenvalue weighted by Crippen LogP contribution is -2.40. The molecule has 2 aromatic rings. The van der Waals surface area contributed by atoms with E-state index in [1.165, 1.54) is 22.5 Å². The second-order valence-corrected chi connectivity index (χ2v) is 9.81. The van der Waals surface area contributed by atoms with Gasteiger partial charge in [-0.2, -0.15) is 4.31 Å². The normalized spacial score (nSPS) is 15.5. The number of hydrogen-bond acceptors (Lipinski definition) is 5. The standard InChI is InChI=1S/C21H22Cl2N2O5S/c1-2-30-21(27)14-9-11-25(12-10-14)31(28,29)17-7-8-19(23)18(13-17)20(26)24-16-5-3-15(22)4-6-16/h3-8,13-14H,2,9-12H2,1H3,(H,24,26). The molecule has 0 aromatic heterocycles. The summed E-state index contributed by atoms with van der Waals surface area (Å²) in [5.41, 5.74) is 0.541. The van der Waals surface area contributed by atoms with Crippen LogP contribution in [0.15, 0.2) is 47.4 Å². The summed E-state index contributed by atoms with van der Waals surface area (Å²) in [6, 6.07) is 10.5. The van der Waals surface area contributed by atoms with Crippen molar-refractivity contribution in [2.75, 3.05) is 25.0 Å². The lowest BCUT2D eigenvalue weighted by atomic mass is 9.98. The van der Waals surface area contributed by atoms with Crippen LogP contribution in [0, 0.1) is 5.92 Å². The molecule has 0 spiro atoms. The van der Waals surface area contributed by atoms with Crippen LogP contribution < -0.4 is 5.32 Å². The molecule has 0 atom stereocenters. The van der Waals surface area contributed by atoms with Gasteiger partial charge >= 0.3 is 5.97 Å². The molecule has 1 saturated heterocycles. The van der Waals surface area contributed by atoms with Gasteiger partial charge in [-0.3, -0.25) is 9.59 Å². The minimum absolute atomic E-state index is 0.0345. The zero-order valence-corrected chi connectivity index (χ0v) is 19.1. The lowest BCUT2D eigenvalue weighted by molar-refractivity contribution is -0.149. The van der Waals surface area contributed by atoms with Crippen LogP contribution in [0.3, 0.4) is 0 Å². The van der Waals surface area contributed by atoms with E-state index in [1.54, 1.807) is 31.2 Å². The molecule has 1 aliphatic heterocycles. The summed E-state index contributed by atoms with van der Waals surface area (Å²) in [7, 11) is -3.85. The average Bonchev–Trinajstić information content (AvgIpc) is 2.75. The molecule has 2 aromatic carbocycles. The van der Waals surface area contributed by atoms with Crippen molar-refractivity contribution in [1.82, 2.24) is 4.31 Å². The van der Waals surface area contributed by atoms with Gasteiger partial charge in [0, 0.05) is 23.8 Å². The number of esters is 1. The Morgan fingerprint density at radius 1 is 1.10 bits per heavy atom. The van der Waals surface area contributed by atoms with Gasteiger partial charge in [0.15, 0.2) is 0 Å². The van der Waals surface area contributed by atoms with Crippen LogP contribution in [0.2, 0.25) is 10.0 Å². The SMILES string of the molecule is CCOC(=O)C1CCN(S(=O)(=O)c2ccc(Cl)c(C(=O)Nc3ccc(Cl)cc3)c2)CC1. The summed E-state index contributed by atoms with van der Waals surface area (Å²) in [6.45, 7) is 2.42. The number of ether oxygens (including phenoxy) is 1. The van der Waals surface area contributed by atoms with Gasteiger partial charge in [0.1, 0.15) is 0 Å². The Morgan fingerprint density at radius 3 is 2.35 bits per heavy atom. The molecule has 1 amide bonds. The van der Waals surface area contributed by atoms with Gasteiger partial charge in [-0.15, -0.1) is 0 Å². The number of piperidine rings is 1. The van der Waals surface area contributed by atoms with Crippen LogP contribution in [0.25, 0.3) is 0 Å². The molecule has 1 heterocycles. The number of nitrogens with zero attached hydrogens (tertiary/aromatic N) is 1. The van der Waals surface area contributed by atoms with Crippen molar-refractivity contribution < 1.29 is 22.7 Å². The zero-order valence-electron chi connectivity index (χ0n) is 16.8. The topological polar surface area (TPSA) is 92.8 Å². The van der Waals surface area contributed by atoms with Gasteiger partial charge in [-0.25, -0.2) is 8.42 Å². The number of carbonyl (C=O) groups is 2. The van der Waals surface area contributed by atoms with Gasteiger partial charge in [0.2, 0.25) is 10.0 Å². The van der Waals surface area contributed by atoms with Crippen molar-refractivity contribution in [3.05, 3.63) is 58.1 Å². The molecule has 0 bridgehead atoms. The second-order valence-electron chi connectivity index (χ2n) is 7.03. The fourth-order valence-electron chi connectivity index (χ4n) is 3.31. The Morgan fingerprint density at radius 2 is 1.74 bits per heavy atom. The predicted molar refractivity (Wildman–Crippen MR) is 119 cm³/mol. The zero-order chi connectivity index (χ0) is 22.6. The van der Waals surface area contributed by atoms with Gasteiger partial charge in [-0.1, -0.05) is 23.2 Å². The number of amides is 1. The molecule has 0 aliphatic carbocycles. The number of nitrogens with one attached hydrogen (secondary N) is 1. The fraction of sp³-hybridized carbons (Fsp3) is 0.333. The Balaban J connectivity index is 1.76. The number of rotatable bonds is 6. The molecule has 166 valence electrons. The van der Waals surface area contributed by atoms with Crippen LogP contribution in [0.1, 0.15) is 30.1 Å². The number of benzene rings is 2. The quantitative estimate of drug-likeness (QED) is 0.619. The highest BCUT2D eigenvalue weighted by molar-refractivity contribution is 7.89. The van der Waals surface area contributed by atoms with Crippen LogP contribution in [-0.2, 0) is 19.6 Å². The van der Waals surface area contributed by atoms with E-state index in [0.29, 0.717) is 30.2 Å². The summed E-state index contributed by atoms with van der Waals surface area (Å²) in [4.78, 5) is 24.5. The third-order valence-corrected chi connectivity index (χ3v) is 7.47. The van der Waals surface area contributed by atoms with Crippen LogP contribution in [0.5, 0.6) is 0 Å². The Labute approximate surface area is 191 Å². The molecule has 1 fully saturated rings. The van der Waals surface area contributed by atoms with E-state index >= 15 is 0 Å². The van der Waals surface area contributed by atoms with E-state index in [4.69, 9.17) is 27.9 Å².